The van der Waals surface area contributed by atoms with Gasteiger partial charge in [-0.2, -0.15) is 0 Å². The first-order chi connectivity index (χ1) is 14.5. The summed E-state index contributed by atoms with van der Waals surface area (Å²) < 4.78 is 25.9. The zero-order valence-corrected chi connectivity index (χ0v) is 18.5. The second kappa shape index (κ2) is 8.74. The second-order valence-corrected chi connectivity index (χ2v) is 10.2. The topological polar surface area (TPSA) is 62.3 Å². The summed E-state index contributed by atoms with van der Waals surface area (Å²) in [7, 11) is -3.11. The average Bonchev–Trinajstić information content (AvgIpc) is 2.79. The van der Waals surface area contributed by atoms with Crippen LogP contribution in [0, 0.1) is 0 Å². The molecule has 0 atom stereocenters. The van der Waals surface area contributed by atoms with Crippen molar-refractivity contribution in [1.29, 1.82) is 0 Å². The number of hydrogen-bond acceptors (Lipinski definition) is 4. The lowest BCUT2D eigenvalue weighted by molar-refractivity contribution is 0.330. The fourth-order valence-corrected chi connectivity index (χ4v) is 5.27. The van der Waals surface area contributed by atoms with E-state index in [1.807, 2.05) is 18.5 Å². The summed E-state index contributed by atoms with van der Waals surface area (Å²) in [4.78, 5) is 4.32. The molecule has 1 fully saturated rings. The molecule has 1 N–H and O–H groups in total. The Balaban J connectivity index is 1.62. The van der Waals surface area contributed by atoms with Crippen molar-refractivity contribution in [2.24, 2.45) is 0 Å². The third kappa shape index (κ3) is 4.35. The molecule has 0 spiro atoms. The zero-order chi connectivity index (χ0) is 21.1. The molecule has 1 aromatic heterocycles. The van der Waals surface area contributed by atoms with Crippen molar-refractivity contribution in [3.63, 3.8) is 0 Å². The molecule has 5 nitrogen and oxygen atoms in total. The number of hydrogen-bond donors (Lipinski definition) is 1. The maximum atomic E-state index is 12.1. The molecule has 1 aliphatic heterocycles. The van der Waals surface area contributed by atoms with Crippen molar-refractivity contribution < 1.29 is 8.42 Å². The van der Waals surface area contributed by atoms with E-state index in [4.69, 9.17) is 0 Å². The van der Waals surface area contributed by atoms with E-state index in [-0.39, 0.29) is 11.8 Å². The highest BCUT2D eigenvalue weighted by atomic mass is 32.2. The van der Waals surface area contributed by atoms with Crippen LogP contribution in [0.4, 0.5) is 5.69 Å². The lowest BCUT2D eigenvalue weighted by Crippen LogP contribution is -2.42. The van der Waals surface area contributed by atoms with Crippen molar-refractivity contribution >= 4 is 26.5 Å². The molecule has 1 saturated heterocycles. The van der Waals surface area contributed by atoms with Gasteiger partial charge in [0.25, 0.3) is 0 Å². The minimum Gasteiger partial charge on any atom is -0.382 e. The highest BCUT2D eigenvalue weighted by molar-refractivity contribution is 7.89. The SMILES string of the molecule is CCc1cccc(-c2cc(NC3CCN(S(=O)(=O)CC)CC3)c3cnccc3c2)c1. The van der Waals surface area contributed by atoms with Crippen molar-refractivity contribution in [1.82, 2.24) is 9.29 Å². The molecule has 158 valence electrons. The number of piperidine rings is 1. The molecule has 4 rings (SSSR count). The van der Waals surface area contributed by atoms with Crippen LogP contribution < -0.4 is 5.32 Å². The highest BCUT2D eigenvalue weighted by Gasteiger charge is 2.26. The van der Waals surface area contributed by atoms with Crippen LogP contribution >= 0.6 is 0 Å². The quantitative estimate of drug-likeness (QED) is 0.625. The number of nitrogens with one attached hydrogen (secondary N) is 1. The molecule has 1 aliphatic rings. The summed E-state index contributed by atoms with van der Waals surface area (Å²) in [6.07, 6.45) is 6.34. The van der Waals surface area contributed by atoms with E-state index in [0.717, 1.165) is 35.7 Å². The Kier molecular flexibility index (Phi) is 6.06. The first-order valence-corrected chi connectivity index (χ1v) is 12.3. The number of rotatable bonds is 6. The first-order valence-electron chi connectivity index (χ1n) is 10.7. The number of aromatic nitrogens is 1. The van der Waals surface area contributed by atoms with Gasteiger partial charge in [-0.05, 0) is 66.5 Å². The molecule has 3 aromatic rings. The molecule has 0 aliphatic carbocycles. The fraction of sp³-hybridized carbons (Fsp3) is 0.375. The van der Waals surface area contributed by atoms with Gasteiger partial charge in [-0.3, -0.25) is 4.98 Å². The molecule has 0 amide bonds. The number of benzene rings is 2. The van der Waals surface area contributed by atoms with Crippen LogP contribution in [0.3, 0.4) is 0 Å². The van der Waals surface area contributed by atoms with Gasteiger partial charge in [0, 0.05) is 42.6 Å². The Hall–Kier alpha value is -2.44. The van der Waals surface area contributed by atoms with Crippen molar-refractivity contribution in [2.45, 2.75) is 39.2 Å². The number of sulfonamides is 1. The van der Waals surface area contributed by atoms with E-state index < -0.39 is 10.0 Å². The van der Waals surface area contributed by atoms with Gasteiger partial charge in [-0.1, -0.05) is 31.2 Å². The minimum atomic E-state index is -3.11. The molecule has 2 heterocycles. The fourth-order valence-electron chi connectivity index (χ4n) is 4.14. The number of aryl methyl sites for hydroxylation is 1. The van der Waals surface area contributed by atoms with Gasteiger partial charge >= 0.3 is 0 Å². The molecule has 0 saturated carbocycles. The van der Waals surface area contributed by atoms with E-state index in [1.54, 1.807) is 11.2 Å². The molecule has 0 bridgehead atoms. The van der Waals surface area contributed by atoms with Gasteiger partial charge in [-0.25, -0.2) is 12.7 Å². The Morgan fingerprint density at radius 2 is 1.87 bits per heavy atom. The van der Waals surface area contributed by atoms with Gasteiger partial charge in [0.1, 0.15) is 0 Å². The van der Waals surface area contributed by atoms with E-state index in [0.29, 0.717) is 13.1 Å². The Morgan fingerprint density at radius 1 is 1.07 bits per heavy atom. The van der Waals surface area contributed by atoms with Gasteiger partial charge in [0.15, 0.2) is 0 Å². The zero-order valence-electron chi connectivity index (χ0n) is 17.6. The number of pyridine rings is 1. The largest absolute Gasteiger partial charge is 0.382 e. The Bertz CT molecular complexity index is 1140. The average molecular weight is 424 g/mol. The van der Waals surface area contributed by atoms with Gasteiger partial charge < -0.3 is 5.32 Å². The van der Waals surface area contributed by atoms with Crippen molar-refractivity contribution in [3.8, 4) is 11.1 Å². The van der Waals surface area contributed by atoms with E-state index >= 15 is 0 Å². The van der Waals surface area contributed by atoms with Crippen LogP contribution in [0.25, 0.3) is 21.9 Å². The Labute approximate surface area is 179 Å². The lowest BCUT2D eigenvalue weighted by Gasteiger charge is -2.32. The number of nitrogens with zero attached hydrogens (tertiary/aromatic N) is 2. The first kappa shape index (κ1) is 20.8. The number of fused-ring (bicyclic) bond motifs is 1. The number of anilines is 1. The standard InChI is InChI=1S/C24H29N3O2S/c1-3-18-6-5-7-19(14-18)21-15-20-8-11-25-17-23(20)24(16-21)26-22-9-12-27(13-10-22)30(28,29)4-2/h5-8,11,14-17,22,26H,3-4,9-10,12-13H2,1-2H3. The van der Waals surface area contributed by atoms with Crippen LogP contribution in [0.2, 0.25) is 0 Å². The van der Waals surface area contributed by atoms with Crippen LogP contribution in [0.1, 0.15) is 32.3 Å². The maximum absolute atomic E-state index is 12.1. The third-order valence-corrected chi connectivity index (χ3v) is 7.88. The predicted octanol–water partition coefficient (Wildman–Crippen LogP) is 4.69. The molecule has 30 heavy (non-hydrogen) atoms. The van der Waals surface area contributed by atoms with Crippen molar-refractivity contribution in [3.05, 3.63) is 60.4 Å². The predicted molar refractivity (Wildman–Crippen MR) is 124 cm³/mol. The van der Waals surface area contributed by atoms with Gasteiger partial charge in [0.2, 0.25) is 10.0 Å². The molecule has 2 aromatic carbocycles. The molecular weight excluding hydrogens is 394 g/mol. The Morgan fingerprint density at radius 3 is 2.60 bits per heavy atom. The van der Waals surface area contributed by atoms with Crippen molar-refractivity contribution in [2.75, 3.05) is 24.2 Å². The smallest absolute Gasteiger partial charge is 0.213 e. The van der Waals surface area contributed by atoms with Crippen LogP contribution in [-0.4, -0.2) is 42.6 Å². The highest BCUT2D eigenvalue weighted by Crippen LogP contribution is 2.32. The maximum Gasteiger partial charge on any atom is 0.213 e. The van der Waals surface area contributed by atoms with E-state index in [2.05, 4.69) is 53.6 Å². The van der Waals surface area contributed by atoms with E-state index in [9.17, 15) is 8.42 Å². The lowest BCUT2D eigenvalue weighted by atomic mass is 9.97. The molecule has 6 heteroatoms. The normalized spacial score (nSPS) is 16.1. The van der Waals surface area contributed by atoms with Crippen LogP contribution in [-0.2, 0) is 16.4 Å². The molecular formula is C24H29N3O2S. The summed E-state index contributed by atoms with van der Waals surface area (Å²) in [6.45, 7) is 5.02. The summed E-state index contributed by atoms with van der Waals surface area (Å²) in [5.41, 5.74) is 4.77. The second-order valence-electron chi connectivity index (χ2n) is 7.89. The molecule has 0 unspecified atom stereocenters. The summed E-state index contributed by atoms with van der Waals surface area (Å²) >= 11 is 0. The third-order valence-electron chi connectivity index (χ3n) is 6.00. The summed E-state index contributed by atoms with van der Waals surface area (Å²) in [5, 5.41) is 5.94. The van der Waals surface area contributed by atoms with E-state index in [1.165, 1.54) is 16.7 Å². The summed E-state index contributed by atoms with van der Waals surface area (Å²) in [5.74, 6) is 0.167. The van der Waals surface area contributed by atoms with Gasteiger partial charge in [0.05, 0.1) is 5.75 Å². The monoisotopic (exact) mass is 423 g/mol. The van der Waals surface area contributed by atoms with Gasteiger partial charge in [-0.15, -0.1) is 0 Å². The molecule has 0 radical (unpaired) electrons. The minimum absolute atomic E-state index is 0.167. The van der Waals surface area contributed by atoms with Crippen LogP contribution in [0.5, 0.6) is 0 Å². The van der Waals surface area contributed by atoms with Crippen LogP contribution in [0.15, 0.2) is 54.9 Å². The summed E-state index contributed by atoms with van der Waals surface area (Å²) in [6, 6.07) is 15.4.